The van der Waals surface area contributed by atoms with Crippen LogP contribution in [-0.4, -0.2) is 72.7 Å². The van der Waals surface area contributed by atoms with Crippen LogP contribution in [0.1, 0.15) is 46.0 Å². The lowest BCUT2D eigenvalue weighted by molar-refractivity contribution is -0.247. The van der Waals surface area contributed by atoms with Crippen molar-refractivity contribution in [1.82, 2.24) is 9.80 Å². The van der Waals surface area contributed by atoms with Crippen molar-refractivity contribution in [1.29, 1.82) is 0 Å². The summed E-state index contributed by atoms with van der Waals surface area (Å²) in [6.07, 6.45) is 4.82. The largest absolute Gasteiger partial charge is 0.469 e. The molecule has 0 atom stereocenters. The van der Waals surface area contributed by atoms with Crippen molar-refractivity contribution in [2.24, 2.45) is 11.3 Å². The Morgan fingerprint density at radius 2 is 1.77 bits per heavy atom. The van der Waals surface area contributed by atoms with Gasteiger partial charge in [-0.2, -0.15) is 0 Å². The van der Waals surface area contributed by atoms with Gasteiger partial charge < -0.3 is 14.4 Å². The topological polar surface area (TPSA) is 59.1 Å². The number of amides is 1. The monoisotopic (exact) mass is 430 g/mol. The lowest BCUT2D eigenvalue weighted by Crippen LogP contribution is -2.74. The Bertz CT molecular complexity index is 580. The second kappa shape index (κ2) is 6.74. The molecule has 2 aliphatic heterocycles. The summed E-state index contributed by atoms with van der Waals surface area (Å²) in [5.74, 6) is 0.472. The predicted molar refractivity (Wildman–Crippen MR) is 102 cm³/mol. The van der Waals surface area contributed by atoms with E-state index in [1.807, 2.05) is 4.90 Å². The molecule has 2 saturated heterocycles. The second-order valence-corrected chi connectivity index (χ2v) is 9.41. The van der Waals surface area contributed by atoms with E-state index < -0.39 is 0 Å². The molecule has 7 heteroatoms. The minimum atomic E-state index is -0.293. The van der Waals surface area contributed by atoms with Crippen LogP contribution in [0.5, 0.6) is 0 Å². The molecule has 4 aliphatic rings. The molecule has 1 spiro atoms. The average Bonchev–Trinajstić information content (AvgIpc) is 3.39. The molecule has 0 bridgehead atoms. The van der Waals surface area contributed by atoms with Gasteiger partial charge >= 0.3 is 5.97 Å². The van der Waals surface area contributed by atoms with E-state index in [1.54, 1.807) is 0 Å². The number of rotatable bonds is 5. The summed E-state index contributed by atoms with van der Waals surface area (Å²) < 4.78 is 11.3. The highest BCUT2D eigenvalue weighted by molar-refractivity contribution is 8.93. The third kappa shape index (κ3) is 4.09. The van der Waals surface area contributed by atoms with Crippen LogP contribution in [0.2, 0.25) is 0 Å². The van der Waals surface area contributed by atoms with Gasteiger partial charge in [0.15, 0.2) is 0 Å². The molecule has 2 heterocycles. The molecule has 1 amide bonds. The van der Waals surface area contributed by atoms with E-state index in [2.05, 4.69) is 18.7 Å². The molecule has 0 unspecified atom stereocenters. The number of hydrogen-bond donors (Lipinski definition) is 0. The van der Waals surface area contributed by atoms with E-state index in [4.69, 9.17) is 9.47 Å². The Morgan fingerprint density at radius 1 is 1.12 bits per heavy atom. The maximum Gasteiger partial charge on any atom is 0.306 e. The van der Waals surface area contributed by atoms with E-state index >= 15 is 0 Å². The minimum Gasteiger partial charge on any atom is -0.469 e. The molecule has 0 radical (unpaired) electrons. The number of likely N-dealkylation sites (tertiary alicyclic amines) is 1. The van der Waals surface area contributed by atoms with Crippen molar-refractivity contribution in [2.45, 2.75) is 57.2 Å². The van der Waals surface area contributed by atoms with Crippen molar-refractivity contribution in [2.75, 3.05) is 39.8 Å². The maximum atomic E-state index is 12.6. The standard InChI is InChI=1S/C19H30N2O4.BrH/c1-17(2)9-21(16(23)14-4-5-14)13-19(25-17)11-20(12-19)10-18(6-7-18)8-15(22)24-3;/h14H,4-13H2,1-3H3;1H. The Hall–Kier alpha value is -0.660. The summed E-state index contributed by atoms with van der Waals surface area (Å²) in [6.45, 7) is 8.22. The summed E-state index contributed by atoms with van der Waals surface area (Å²) in [4.78, 5) is 28.6. The average molecular weight is 431 g/mol. The maximum absolute atomic E-state index is 12.6. The summed E-state index contributed by atoms with van der Waals surface area (Å²) >= 11 is 0. The lowest BCUT2D eigenvalue weighted by Gasteiger charge is -2.58. The number of morpholine rings is 1. The van der Waals surface area contributed by atoms with Crippen LogP contribution in [0.25, 0.3) is 0 Å². The number of carbonyl (C=O) groups is 2. The van der Waals surface area contributed by atoms with Crippen LogP contribution in [-0.2, 0) is 19.1 Å². The molecule has 0 aromatic rings. The van der Waals surface area contributed by atoms with E-state index in [0.717, 1.165) is 45.3 Å². The Labute approximate surface area is 166 Å². The van der Waals surface area contributed by atoms with Crippen LogP contribution in [0.3, 0.4) is 0 Å². The van der Waals surface area contributed by atoms with Gasteiger partial charge in [-0.25, -0.2) is 0 Å². The molecule has 4 rings (SSSR count). The van der Waals surface area contributed by atoms with E-state index in [9.17, 15) is 9.59 Å². The second-order valence-electron chi connectivity index (χ2n) is 9.41. The Kier molecular flexibility index (Phi) is 5.21. The van der Waals surface area contributed by atoms with Gasteiger partial charge in [0, 0.05) is 32.1 Å². The first-order valence-corrected chi connectivity index (χ1v) is 9.52. The number of nitrogens with zero attached hydrogens (tertiary/aromatic N) is 2. The zero-order valence-corrected chi connectivity index (χ0v) is 17.8. The molecule has 0 aromatic carbocycles. The van der Waals surface area contributed by atoms with Gasteiger partial charge in [0.05, 0.1) is 25.7 Å². The van der Waals surface area contributed by atoms with Crippen LogP contribution >= 0.6 is 17.0 Å². The molecular formula is C19H31BrN2O4. The Balaban J connectivity index is 0.00000196. The van der Waals surface area contributed by atoms with Gasteiger partial charge in [-0.3, -0.25) is 14.5 Å². The van der Waals surface area contributed by atoms with Gasteiger partial charge in [0.2, 0.25) is 5.91 Å². The predicted octanol–water partition coefficient (Wildman–Crippen LogP) is 2.01. The zero-order valence-electron chi connectivity index (χ0n) is 16.1. The number of carbonyl (C=O) groups excluding carboxylic acids is 2. The zero-order chi connectivity index (χ0) is 17.9. The third-order valence-corrected chi connectivity index (χ3v) is 6.07. The minimum absolute atomic E-state index is 0. The molecule has 26 heavy (non-hydrogen) atoms. The normalized spacial score (nSPS) is 28.0. The van der Waals surface area contributed by atoms with Gasteiger partial charge in [0.1, 0.15) is 5.60 Å². The number of halogens is 1. The third-order valence-electron chi connectivity index (χ3n) is 6.07. The fraction of sp³-hybridized carbons (Fsp3) is 0.895. The summed E-state index contributed by atoms with van der Waals surface area (Å²) in [5.41, 5.74) is -0.409. The smallest absolute Gasteiger partial charge is 0.306 e. The molecule has 148 valence electrons. The molecule has 0 aromatic heterocycles. The van der Waals surface area contributed by atoms with Gasteiger partial charge in [0.25, 0.3) is 0 Å². The number of methoxy groups -OCH3 is 1. The molecule has 2 aliphatic carbocycles. The first-order chi connectivity index (χ1) is 11.7. The van der Waals surface area contributed by atoms with E-state index in [1.165, 1.54) is 7.11 Å². The summed E-state index contributed by atoms with van der Waals surface area (Å²) in [6, 6.07) is 0. The fourth-order valence-corrected chi connectivity index (χ4v) is 4.72. The summed E-state index contributed by atoms with van der Waals surface area (Å²) in [5, 5.41) is 0. The van der Waals surface area contributed by atoms with Crippen LogP contribution in [0, 0.1) is 11.3 Å². The molecule has 0 N–H and O–H groups in total. The quantitative estimate of drug-likeness (QED) is 0.624. The van der Waals surface area contributed by atoms with E-state index in [0.29, 0.717) is 25.4 Å². The van der Waals surface area contributed by atoms with Crippen molar-refractivity contribution in [3.05, 3.63) is 0 Å². The van der Waals surface area contributed by atoms with Crippen molar-refractivity contribution in [3.63, 3.8) is 0 Å². The lowest BCUT2D eigenvalue weighted by atomic mass is 9.86. The van der Waals surface area contributed by atoms with Crippen molar-refractivity contribution < 1.29 is 19.1 Å². The molecular weight excluding hydrogens is 400 g/mol. The van der Waals surface area contributed by atoms with Crippen LogP contribution < -0.4 is 0 Å². The first kappa shape index (κ1) is 20.1. The molecule has 4 fully saturated rings. The first-order valence-electron chi connectivity index (χ1n) is 9.52. The molecule has 2 saturated carbocycles. The van der Waals surface area contributed by atoms with Gasteiger partial charge in [-0.1, -0.05) is 0 Å². The highest BCUT2D eigenvalue weighted by Gasteiger charge is 2.56. The van der Waals surface area contributed by atoms with E-state index in [-0.39, 0.29) is 45.5 Å². The van der Waals surface area contributed by atoms with Gasteiger partial charge in [-0.15, -0.1) is 17.0 Å². The molecule has 6 nitrogen and oxygen atoms in total. The number of hydrogen-bond acceptors (Lipinski definition) is 5. The fourth-order valence-electron chi connectivity index (χ4n) is 4.72. The highest BCUT2D eigenvalue weighted by Crippen LogP contribution is 2.51. The van der Waals surface area contributed by atoms with Crippen molar-refractivity contribution >= 4 is 28.9 Å². The highest BCUT2D eigenvalue weighted by atomic mass is 79.9. The van der Waals surface area contributed by atoms with Crippen molar-refractivity contribution in [3.8, 4) is 0 Å². The van der Waals surface area contributed by atoms with Gasteiger partial charge in [-0.05, 0) is 44.9 Å². The SMILES string of the molecule is Br.COC(=O)CC1(CN2CC3(C2)CN(C(=O)C2CC2)CC(C)(C)O3)CC1. The Morgan fingerprint density at radius 3 is 2.31 bits per heavy atom. The van der Waals surface area contributed by atoms with Crippen LogP contribution in [0.4, 0.5) is 0 Å². The van der Waals surface area contributed by atoms with Crippen LogP contribution in [0.15, 0.2) is 0 Å². The number of esters is 1. The number of ether oxygens (including phenoxy) is 2. The summed E-state index contributed by atoms with van der Waals surface area (Å²) in [7, 11) is 1.46.